The standard InChI is InChI=1S/C30H35FN6O4/c1-6-20-7-10-24(31)23(15-20)26(38)33-25(18(2)3)27(39)35-13-11-30(12-14-35)28(40)34(5)29(41)37(30)22-9-8-21-16-32-19(4)36(21)17-22/h7-10,15-18,25H,6,11-14H2,1-5H3,(H,33,38)/t25-/m1/s1. The second-order valence-corrected chi connectivity index (χ2v) is 11.2. The molecule has 0 unspecified atom stereocenters. The number of amides is 5. The van der Waals surface area contributed by atoms with Gasteiger partial charge in [-0.3, -0.25) is 24.2 Å². The van der Waals surface area contributed by atoms with E-state index in [1.165, 1.54) is 19.2 Å². The van der Waals surface area contributed by atoms with Crippen LogP contribution in [0.5, 0.6) is 0 Å². The van der Waals surface area contributed by atoms with Crippen molar-refractivity contribution < 1.29 is 23.6 Å². The van der Waals surface area contributed by atoms with Gasteiger partial charge in [0.25, 0.3) is 11.8 Å². The van der Waals surface area contributed by atoms with Crippen molar-refractivity contribution in [2.45, 2.75) is 58.5 Å². The third kappa shape index (κ3) is 4.72. The first kappa shape index (κ1) is 28.3. The molecule has 2 fully saturated rings. The number of fused-ring (bicyclic) bond motifs is 1. The summed E-state index contributed by atoms with van der Waals surface area (Å²) in [5, 5.41) is 2.74. The van der Waals surface area contributed by atoms with Gasteiger partial charge in [0.15, 0.2) is 0 Å². The van der Waals surface area contributed by atoms with Crippen molar-refractivity contribution >= 4 is 35.0 Å². The minimum atomic E-state index is -1.13. The molecule has 4 heterocycles. The van der Waals surface area contributed by atoms with Crippen LogP contribution in [-0.4, -0.2) is 74.7 Å². The highest BCUT2D eigenvalue weighted by molar-refractivity contribution is 6.16. The molecule has 10 nitrogen and oxygen atoms in total. The number of imidazole rings is 1. The Morgan fingerprint density at radius 2 is 1.83 bits per heavy atom. The van der Waals surface area contributed by atoms with Gasteiger partial charge >= 0.3 is 6.03 Å². The Hall–Kier alpha value is -4.28. The van der Waals surface area contributed by atoms with E-state index in [2.05, 4.69) is 10.3 Å². The first-order chi connectivity index (χ1) is 19.5. The van der Waals surface area contributed by atoms with E-state index in [1.807, 2.05) is 38.2 Å². The Labute approximate surface area is 238 Å². The highest BCUT2D eigenvalue weighted by Crippen LogP contribution is 2.40. The van der Waals surface area contributed by atoms with E-state index in [0.29, 0.717) is 12.1 Å². The number of aryl methyl sites for hydroxylation is 2. The van der Waals surface area contributed by atoms with Crippen molar-refractivity contribution in [3.63, 3.8) is 0 Å². The number of pyridine rings is 1. The first-order valence-electron chi connectivity index (χ1n) is 13.9. The molecule has 41 heavy (non-hydrogen) atoms. The molecule has 1 N–H and O–H groups in total. The van der Waals surface area contributed by atoms with Gasteiger partial charge in [-0.25, -0.2) is 14.2 Å². The quantitative estimate of drug-likeness (QED) is 0.463. The van der Waals surface area contributed by atoms with Crippen molar-refractivity contribution in [1.29, 1.82) is 0 Å². The SMILES string of the molecule is CCc1ccc(F)c(C(=O)N[C@@H](C(=O)N2CCC3(CC2)C(=O)N(C)C(=O)N3c2ccc3cnc(C)n3c2)C(C)C)c1. The Kier molecular flexibility index (Phi) is 7.31. The summed E-state index contributed by atoms with van der Waals surface area (Å²) in [7, 11) is 1.47. The Bertz CT molecular complexity index is 1540. The van der Waals surface area contributed by atoms with Gasteiger partial charge in [0.2, 0.25) is 5.91 Å². The third-order valence-corrected chi connectivity index (χ3v) is 8.37. The van der Waals surface area contributed by atoms with Gasteiger partial charge in [-0.1, -0.05) is 26.8 Å². The molecule has 2 saturated heterocycles. The van der Waals surface area contributed by atoms with Crippen LogP contribution in [0.2, 0.25) is 0 Å². The maximum Gasteiger partial charge on any atom is 0.331 e. The van der Waals surface area contributed by atoms with Crippen LogP contribution in [0.4, 0.5) is 14.9 Å². The molecule has 1 aromatic carbocycles. The molecule has 216 valence electrons. The number of nitrogens with zero attached hydrogens (tertiary/aromatic N) is 5. The number of hydrogen-bond donors (Lipinski definition) is 1. The number of hydrogen-bond acceptors (Lipinski definition) is 5. The van der Waals surface area contributed by atoms with E-state index in [4.69, 9.17) is 0 Å². The van der Waals surface area contributed by atoms with Crippen LogP contribution in [0.3, 0.4) is 0 Å². The van der Waals surface area contributed by atoms with Crippen molar-refractivity contribution in [2.75, 3.05) is 25.0 Å². The zero-order valence-corrected chi connectivity index (χ0v) is 24.0. The number of anilines is 1. The molecule has 2 aliphatic heterocycles. The fourth-order valence-corrected chi connectivity index (χ4v) is 5.86. The largest absolute Gasteiger partial charge is 0.341 e. The number of halogens is 1. The lowest BCUT2D eigenvalue weighted by molar-refractivity contribution is -0.139. The lowest BCUT2D eigenvalue weighted by atomic mass is 9.85. The van der Waals surface area contributed by atoms with Crippen molar-refractivity contribution in [3.8, 4) is 0 Å². The summed E-state index contributed by atoms with van der Waals surface area (Å²) in [4.78, 5) is 62.2. The van der Waals surface area contributed by atoms with Gasteiger partial charge < -0.3 is 14.6 Å². The summed E-state index contributed by atoms with van der Waals surface area (Å²) >= 11 is 0. The lowest BCUT2D eigenvalue weighted by Gasteiger charge is -2.43. The van der Waals surface area contributed by atoms with Crippen LogP contribution in [0.1, 0.15) is 55.4 Å². The maximum absolute atomic E-state index is 14.5. The molecule has 0 saturated carbocycles. The Balaban J connectivity index is 1.36. The number of piperidine rings is 1. The first-order valence-corrected chi connectivity index (χ1v) is 13.9. The van der Waals surface area contributed by atoms with Gasteiger partial charge in [0.05, 0.1) is 23.0 Å². The number of imide groups is 1. The normalized spacial score (nSPS) is 17.7. The van der Waals surface area contributed by atoms with Gasteiger partial charge in [0, 0.05) is 26.3 Å². The number of carbonyl (C=O) groups is 4. The minimum Gasteiger partial charge on any atom is -0.341 e. The van der Waals surface area contributed by atoms with Crippen molar-refractivity contribution in [1.82, 2.24) is 24.5 Å². The Morgan fingerprint density at radius 3 is 2.49 bits per heavy atom. The maximum atomic E-state index is 14.5. The second kappa shape index (κ2) is 10.6. The molecule has 5 amide bonds. The van der Waals surface area contributed by atoms with Crippen LogP contribution >= 0.6 is 0 Å². The van der Waals surface area contributed by atoms with Gasteiger partial charge in [-0.2, -0.15) is 0 Å². The predicted molar refractivity (Wildman–Crippen MR) is 151 cm³/mol. The second-order valence-electron chi connectivity index (χ2n) is 11.2. The zero-order valence-electron chi connectivity index (χ0n) is 24.0. The van der Waals surface area contributed by atoms with Crippen LogP contribution in [0.15, 0.2) is 42.7 Å². The molecule has 0 aliphatic carbocycles. The third-order valence-electron chi connectivity index (χ3n) is 8.37. The highest BCUT2D eigenvalue weighted by Gasteiger charge is 2.58. The molecule has 0 radical (unpaired) electrons. The number of likely N-dealkylation sites (tertiary alicyclic amines) is 1. The van der Waals surface area contributed by atoms with Crippen LogP contribution in [0.25, 0.3) is 5.52 Å². The van der Waals surface area contributed by atoms with Crippen molar-refractivity contribution in [3.05, 3.63) is 65.5 Å². The van der Waals surface area contributed by atoms with Crippen LogP contribution in [0, 0.1) is 18.7 Å². The summed E-state index contributed by atoms with van der Waals surface area (Å²) in [6.07, 6.45) is 4.66. The fourth-order valence-electron chi connectivity index (χ4n) is 5.86. The van der Waals surface area contributed by atoms with E-state index >= 15 is 0 Å². The summed E-state index contributed by atoms with van der Waals surface area (Å²) in [5.74, 6) is -1.41. The number of benzene rings is 1. The molecular formula is C30H35FN6O4. The van der Waals surface area contributed by atoms with Gasteiger partial charge in [0.1, 0.15) is 23.2 Å². The summed E-state index contributed by atoms with van der Waals surface area (Å²) in [5.41, 5.74) is 1.03. The van der Waals surface area contributed by atoms with E-state index < -0.39 is 29.3 Å². The summed E-state index contributed by atoms with van der Waals surface area (Å²) in [6, 6.07) is 6.75. The molecule has 3 aromatic rings. The van der Waals surface area contributed by atoms with Gasteiger partial charge in [-0.15, -0.1) is 0 Å². The average Bonchev–Trinajstić information content (AvgIpc) is 3.42. The molecule has 11 heteroatoms. The zero-order chi connectivity index (χ0) is 29.6. The molecule has 5 rings (SSSR count). The molecule has 1 spiro atoms. The number of aromatic nitrogens is 2. The molecule has 1 atom stereocenters. The molecular weight excluding hydrogens is 527 g/mol. The number of carbonyl (C=O) groups excluding carboxylic acids is 4. The number of likely N-dealkylation sites (N-methyl/N-ethyl adjacent to an activating group) is 1. The average molecular weight is 563 g/mol. The van der Waals surface area contributed by atoms with E-state index in [-0.39, 0.29) is 49.2 Å². The topological polar surface area (TPSA) is 107 Å². The molecule has 2 aliphatic rings. The van der Waals surface area contributed by atoms with Crippen molar-refractivity contribution in [2.24, 2.45) is 5.92 Å². The number of urea groups is 1. The van der Waals surface area contributed by atoms with Gasteiger partial charge in [-0.05, 0) is 61.9 Å². The predicted octanol–water partition coefficient (Wildman–Crippen LogP) is 3.56. The van der Waals surface area contributed by atoms with E-state index in [0.717, 1.165) is 21.8 Å². The Morgan fingerprint density at radius 1 is 1.12 bits per heavy atom. The highest BCUT2D eigenvalue weighted by atomic mass is 19.1. The lowest BCUT2D eigenvalue weighted by Crippen LogP contribution is -2.60. The van der Waals surface area contributed by atoms with E-state index in [1.54, 1.807) is 34.3 Å². The number of nitrogens with one attached hydrogen (secondary N) is 1. The number of rotatable bonds is 6. The van der Waals surface area contributed by atoms with Crippen LogP contribution in [-0.2, 0) is 16.0 Å². The smallest absolute Gasteiger partial charge is 0.331 e. The fraction of sp³-hybridized carbons (Fsp3) is 0.433. The molecule has 0 bridgehead atoms. The van der Waals surface area contributed by atoms with E-state index in [9.17, 15) is 23.6 Å². The summed E-state index contributed by atoms with van der Waals surface area (Å²) < 4.78 is 16.3. The minimum absolute atomic E-state index is 0.0979. The molecule has 2 aromatic heterocycles. The monoisotopic (exact) mass is 562 g/mol. The summed E-state index contributed by atoms with van der Waals surface area (Å²) in [6.45, 7) is 7.84. The van der Waals surface area contributed by atoms with Crippen LogP contribution < -0.4 is 10.2 Å².